The molecule has 0 saturated heterocycles. The molecule has 0 aromatic heterocycles. The number of hydrogen-bond donors (Lipinski definition) is 0. The summed E-state index contributed by atoms with van der Waals surface area (Å²) in [6, 6.07) is 10.1. The minimum atomic E-state index is 0.687. The largest absolute Gasteiger partial charge is 0.274 e. The van der Waals surface area contributed by atoms with Crippen LogP contribution in [-0.4, -0.2) is 23.8 Å². The van der Waals surface area contributed by atoms with E-state index in [9.17, 15) is 0 Å². The number of hydrazone groups is 1. The molecule has 0 heterocycles. The molecule has 78 valence electrons. The molecule has 0 spiro atoms. The first kappa shape index (κ1) is 11.2. The van der Waals surface area contributed by atoms with Crippen molar-refractivity contribution in [2.75, 3.05) is 7.05 Å². The molecule has 0 unspecified atom stereocenters. The predicted molar refractivity (Wildman–Crippen MR) is 64.1 cm³/mol. The molecular formula is C12H15N3. The van der Waals surface area contributed by atoms with Crippen LogP contribution >= 0.6 is 0 Å². The lowest BCUT2D eigenvalue weighted by atomic mass is 10.2. The van der Waals surface area contributed by atoms with Gasteiger partial charge in [-0.15, -0.1) is 5.10 Å². The molecule has 3 heteroatoms. The Morgan fingerprint density at radius 3 is 2.60 bits per heavy atom. The Morgan fingerprint density at radius 1 is 1.40 bits per heavy atom. The van der Waals surface area contributed by atoms with Gasteiger partial charge in [0.05, 0.1) is 6.54 Å². The van der Waals surface area contributed by atoms with E-state index in [-0.39, 0.29) is 0 Å². The summed E-state index contributed by atoms with van der Waals surface area (Å²) >= 11 is 0. The smallest absolute Gasteiger partial charge is 0.117 e. The number of hydrogen-bond acceptors (Lipinski definition) is 2. The van der Waals surface area contributed by atoms with Crippen molar-refractivity contribution in [1.82, 2.24) is 5.01 Å². The molecule has 0 atom stereocenters. The van der Waals surface area contributed by atoms with Gasteiger partial charge in [-0.05, 0) is 19.1 Å². The molecule has 1 aromatic rings. The second-order valence-corrected chi connectivity index (χ2v) is 3.07. The molecule has 1 aromatic carbocycles. The first-order valence-corrected chi connectivity index (χ1v) is 4.75. The van der Waals surface area contributed by atoms with E-state index < -0.39 is 0 Å². The molecule has 0 fully saturated rings. The molecule has 15 heavy (non-hydrogen) atoms. The Labute approximate surface area is 90.5 Å². The third kappa shape index (κ3) is 3.41. The molecule has 0 bridgehead atoms. The first-order valence-electron chi connectivity index (χ1n) is 4.75. The molecule has 1 rings (SSSR count). The molecule has 0 aliphatic carbocycles. The van der Waals surface area contributed by atoms with Crippen LogP contribution in [0.5, 0.6) is 0 Å². The fourth-order valence-electron chi connectivity index (χ4n) is 1.18. The average Bonchev–Trinajstić information content (AvgIpc) is 2.29. The lowest BCUT2D eigenvalue weighted by Crippen LogP contribution is -2.22. The van der Waals surface area contributed by atoms with Gasteiger partial charge in [-0.25, -0.2) is 5.01 Å². The minimum absolute atomic E-state index is 0.687. The Balaban J connectivity index is 2.80. The van der Waals surface area contributed by atoms with E-state index in [2.05, 4.69) is 34.7 Å². The molecule has 0 amide bonds. The van der Waals surface area contributed by atoms with Gasteiger partial charge in [0.1, 0.15) is 5.84 Å². The molecule has 0 saturated carbocycles. The van der Waals surface area contributed by atoms with Crippen molar-refractivity contribution in [2.45, 2.75) is 13.5 Å². The van der Waals surface area contributed by atoms with Crippen molar-refractivity contribution < 1.29 is 0 Å². The highest BCUT2D eigenvalue weighted by Gasteiger charge is 2.04. The van der Waals surface area contributed by atoms with Crippen LogP contribution in [0, 0.1) is 0 Å². The maximum Gasteiger partial charge on any atom is 0.117 e. The summed E-state index contributed by atoms with van der Waals surface area (Å²) < 4.78 is 0. The van der Waals surface area contributed by atoms with Crippen LogP contribution in [0.25, 0.3) is 0 Å². The summed E-state index contributed by atoms with van der Waals surface area (Å²) in [7, 11) is 1.74. The van der Waals surface area contributed by atoms with Gasteiger partial charge in [-0.2, -0.15) is 0 Å². The van der Waals surface area contributed by atoms with E-state index in [0.29, 0.717) is 6.54 Å². The number of rotatable bonds is 3. The van der Waals surface area contributed by atoms with Crippen LogP contribution in [0.1, 0.15) is 12.5 Å². The maximum atomic E-state index is 4.08. The predicted octanol–water partition coefficient (Wildman–Crippen LogP) is 2.31. The lowest BCUT2D eigenvalue weighted by molar-refractivity contribution is 0.439. The third-order valence-corrected chi connectivity index (χ3v) is 2.06. The number of nitrogens with zero attached hydrogens (tertiary/aromatic N) is 3. The maximum absolute atomic E-state index is 4.08. The standard InChI is InChI=1S/C12H15N3/c1-4-14-15(11(2)13-3)10-12-8-6-5-7-9-12/h5-9H,1,10H2,2-3H3. The van der Waals surface area contributed by atoms with Crippen molar-refractivity contribution >= 4 is 11.7 Å². The van der Waals surface area contributed by atoms with E-state index >= 15 is 0 Å². The normalized spacial score (nSPS) is 10.7. The Morgan fingerprint density at radius 2 is 2.07 bits per heavy atom. The van der Waals surface area contributed by atoms with Gasteiger partial charge in [-0.3, -0.25) is 4.99 Å². The average molecular weight is 201 g/mol. The number of aliphatic imine (C=N–C) groups is 1. The van der Waals surface area contributed by atoms with Crippen molar-refractivity contribution in [2.24, 2.45) is 10.1 Å². The first-order chi connectivity index (χ1) is 7.27. The van der Waals surface area contributed by atoms with Crippen LogP contribution in [0.2, 0.25) is 0 Å². The molecule has 0 aliphatic heterocycles. The van der Waals surface area contributed by atoms with Crippen molar-refractivity contribution in [3.05, 3.63) is 42.5 Å². The highest BCUT2D eigenvalue weighted by atomic mass is 15.5. The summed E-state index contributed by atoms with van der Waals surface area (Å²) in [5.41, 5.74) is 1.18. The molecule has 0 aliphatic rings. The fraction of sp³-hybridized carbons (Fsp3) is 0.250. The monoisotopic (exact) mass is 201 g/mol. The topological polar surface area (TPSA) is 28.0 Å². The molecular weight excluding hydrogens is 186 g/mol. The van der Waals surface area contributed by atoms with Crippen molar-refractivity contribution in [3.8, 4) is 0 Å². The van der Waals surface area contributed by atoms with Gasteiger partial charge in [0.2, 0.25) is 0 Å². The molecule has 0 N–H and O–H groups in total. The summed E-state index contributed by atoms with van der Waals surface area (Å²) in [5.74, 6) is 3.37. The Bertz CT molecular complexity index is 375. The van der Waals surface area contributed by atoms with Gasteiger partial charge >= 0.3 is 0 Å². The van der Waals surface area contributed by atoms with Crippen LogP contribution in [-0.2, 0) is 6.54 Å². The van der Waals surface area contributed by atoms with Gasteiger partial charge in [0, 0.05) is 12.9 Å². The van der Waals surface area contributed by atoms with Crippen LogP contribution in [0.3, 0.4) is 0 Å². The molecule has 0 radical (unpaired) electrons. The van der Waals surface area contributed by atoms with E-state index in [0.717, 1.165) is 5.84 Å². The number of benzene rings is 1. The van der Waals surface area contributed by atoms with Crippen LogP contribution < -0.4 is 0 Å². The van der Waals surface area contributed by atoms with E-state index in [1.165, 1.54) is 5.56 Å². The summed E-state index contributed by atoms with van der Waals surface area (Å²) in [4.78, 5) is 4.08. The van der Waals surface area contributed by atoms with Gasteiger partial charge in [0.15, 0.2) is 0 Å². The van der Waals surface area contributed by atoms with Gasteiger partial charge in [-0.1, -0.05) is 30.3 Å². The molecule has 3 nitrogen and oxygen atoms in total. The van der Waals surface area contributed by atoms with Crippen molar-refractivity contribution in [3.63, 3.8) is 0 Å². The van der Waals surface area contributed by atoms with Crippen LogP contribution in [0.15, 0.2) is 47.0 Å². The second kappa shape index (κ2) is 5.78. The zero-order chi connectivity index (χ0) is 11.1. The van der Waals surface area contributed by atoms with E-state index in [1.54, 1.807) is 12.1 Å². The summed E-state index contributed by atoms with van der Waals surface area (Å²) in [6.45, 7) is 6.06. The van der Waals surface area contributed by atoms with Crippen molar-refractivity contribution in [1.29, 1.82) is 0 Å². The lowest BCUT2D eigenvalue weighted by Gasteiger charge is -2.16. The quantitative estimate of drug-likeness (QED) is 0.419. The number of amidine groups is 1. The van der Waals surface area contributed by atoms with E-state index in [4.69, 9.17) is 0 Å². The fourth-order valence-corrected chi connectivity index (χ4v) is 1.18. The Hall–Kier alpha value is -1.86. The van der Waals surface area contributed by atoms with Crippen LogP contribution in [0.4, 0.5) is 0 Å². The highest BCUT2D eigenvalue weighted by molar-refractivity contribution is 5.79. The Kier molecular flexibility index (Phi) is 4.32. The van der Waals surface area contributed by atoms with Gasteiger partial charge < -0.3 is 0 Å². The van der Waals surface area contributed by atoms with Gasteiger partial charge in [0.25, 0.3) is 0 Å². The second-order valence-electron chi connectivity index (χ2n) is 3.07. The summed E-state index contributed by atoms with van der Waals surface area (Å²) in [5, 5.41) is 5.80. The van der Waals surface area contributed by atoms with E-state index in [1.807, 2.05) is 25.1 Å². The zero-order valence-electron chi connectivity index (χ0n) is 9.14. The highest BCUT2D eigenvalue weighted by Crippen LogP contribution is 2.05. The minimum Gasteiger partial charge on any atom is -0.274 e. The SMILES string of the molecule is C=C=NN(Cc1ccccc1)C(C)=NC. The zero-order valence-corrected chi connectivity index (χ0v) is 9.14. The third-order valence-electron chi connectivity index (χ3n) is 2.06. The summed E-state index contributed by atoms with van der Waals surface area (Å²) in [6.07, 6.45) is 0.